The summed E-state index contributed by atoms with van der Waals surface area (Å²) in [5, 5.41) is 4.08. The van der Waals surface area contributed by atoms with Gasteiger partial charge in [-0.05, 0) is 55.3 Å². The summed E-state index contributed by atoms with van der Waals surface area (Å²) in [5.41, 5.74) is 3.59. The summed E-state index contributed by atoms with van der Waals surface area (Å²) < 4.78 is 0. The van der Waals surface area contributed by atoms with E-state index >= 15 is 0 Å². The van der Waals surface area contributed by atoms with Crippen LogP contribution in [0.25, 0.3) is 0 Å². The van der Waals surface area contributed by atoms with Gasteiger partial charge in [-0.3, -0.25) is 4.79 Å². The van der Waals surface area contributed by atoms with Crippen molar-refractivity contribution in [2.45, 2.75) is 18.7 Å². The monoisotopic (exact) mass is 348 g/mol. The lowest BCUT2D eigenvalue weighted by atomic mass is 10.1. The number of hydrogen-bond donors (Lipinski definition) is 1. The number of carbonyl (C=O) groups is 1. The van der Waals surface area contributed by atoms with Crippen molar-refractivity contribution in [3.8, 4) is 0 Å². The largest absolute Gasteiger partial charge is 0.355 e. The molecule has 0 aromatic heterocycles. The summed E-state index contributed by atoms with van der Waals surface area (Å²) in [6.07, 6.45) is 0.862. The van der Waals surface area contributed by atoms with Crippen LogP contribution in [0.1, 0.15) is 22.3 Å². The maximum Gasteiger partial charge on any atom is 0.253 e. The highest BCUT2D eigenvalue weighted by Crippen LogP contribution is 2.25. The maximum absolute atomic E-state index is 12.5. The lowest BCUT2D eigenvalue weighted by Gasteiger charge is -2.17. The second-order valence-electron chi connectivity index (χ2n) is 5.80. The van der Waals surface area contributed by atoms with Gasteiger partial charge in [0.1, 0.15) is 0 Å². The Hall–Kier alpha value is -1.71. The minimum atomic E-state index is 0.0468. The van der Waals surface area contributed by atoms with Crippen molar-refractivity contribution < 1.29 is 4.79 Å². The standard InChI is InChI=1S/C18H18Cl2N2O/c1-12-9-13(18(23)22-8-7-15(20)11-22)5-6-17(12)21-16-4-2-3-14(19)10-16/h2-6,9-10,15,21H,7-8,11H2,1H3. The first-order chi connectivity index (χ1) is 11.0. The molecule has 1 unspecified atom stereocenters. The molecule has 2 aromatic rings. The molecule has 3 rings (SSSR count). The number of amides is 1. The van der Waals surface area contributed by atoms with Crippen molar-refractivity contribution in [1.29, 1.82) is 0 Å². The van der Waals surface area contributed by atoms with Crippen LogP contribution in [-0.2, 0) is 0 Å². The third-order valence-corrected chi connectivity index (χ3v) is 4.59. The Morgan fingerprint density at radius 2 is 2.09 bits per heavy atom. The van der Waals surface area contributed by atoms with Gasteiger partial charge in [-0.1, -0.05) is 17.7 Å². The number of alkyl halides is 1. The van der Waals surface area contributed by atoms with Crippen LogP contribution in [0.3, 0.4) is 0 Å². The average Bonchev–Trinajstić information content (AvgIpc) is 2.95. The Labute approximate surface area is 146 Å². The smallest absolute Gasteiger partial charge is 0.253 e. The molecule has 1 aliphatic rings. The Morgan fingerprint density at radius 3 is 2.74 bits per heavy atom. The molecule has 1 fully saturated rings. The molecule has 0 bridgehead atoms. The lowest BCUT2D eigenvalue weighted by Crippen LogP contribution is -2.28. The number of carbonyl (C=O) groups excluding carboxylic acids is 1. The average molecular weight is 349 g/mol. The third-order valence-electron chi connectivity index (χ3n) is 3.99. The van der Waals surface area contributed by atoms with Crippen LogP contribution in [0.5, 0.6) is 0 Å². The van der Waals surface area contributed by atoms with Crippen LogP contribution < -0.4 is 5.32 Å². The predicted molar refractivity (Wildman–Crippen MR) is 96.1 cm³/mol. The van der Waals surface area contributed by atoms with E-state index < -0.39 is 0 Å². The molecule has 1 amide bonds. The highest BCUT2D eigenvalue weighted by atomic mass is 35.5. The van der Waals surface area contributed by atoms with Gasteiger partial charge < -0.3 is 10.2 Å². The molecule has 1 N–H and O–H groups in total. The lowest BCUT2D eigenvalue weighted by molar-refractivity contribution is 0.0793. The normalized spacial score (nSPS) is 17.3. The maximum atomic E-state index is 12.5. The first-order valence-electron chi connectivity index (χ1n) is 7.59. The zero-order valence-corrected chi connectivity index (χ0v) is 14.4. The van der Waals surface area contributed by atoms with Crippen molar-refractivity contribution in [2.75, 3.05) is 18.4 Å². The second-order valence-corrected chi connectivity index (χ2v) is 6.86. The van der Waals surface area contributed by atoms with Crippen molar-refractivity contribution >= 4 is 40.5 Å². The number of anilines is 2. The van der Waals surface area contributed by atoms with E-state index in [-0.39, 0.29) is 11.3 Å². The molecule has 0 aliphatic carbocycles. The Kier molecular flexibility index (Phi) is 4.79. The van der Waals surface area contributed by atoms with E-state index in [4.69, 9.17) is 23.2 Å². The van der Waals surface area contributed by atoms with E-state index in [2.05, 4.69) is 5.32 Å². The first-order valence-corrected chi connectivity index (χ1v) is 8.41. The molecule has 5 heteroatoms. The van der Waals surface area contributed by atoms with Gasteiger partial charge in [0.05, 0.1) is 5.38 Å². The molecule has 0 saturated carbocycles. The predicted octanol–water partition coefficient (Wildman–Crippen LogP) is 4.85. The number of likely N-dealkylation sites (tertiary alicyclic amines) is 1. The highest BCUT2D eigenvalue weighted by Gasteiger charge is 2.25. The fraction of sp³-hybridized carbons (Fsp3) is 0.278. The molecule has 1 atom stereocenters. The van der Waals surface area contributed by atoms with Gasteiger partial charge in [0, 0.05) is 35.1 Å². The van der Waals surface area contributed by atoms with E-state index in [1.807, 2.05) is 54.3 Å². The number of rotatable bonds is 3. The molecule has 1 aliphatic heterocycles. The topological polar surface area (TPSA) is 32.3 Å². The van der Waals surface area contributed by atoms with Gasteiger partial charge >= 0.3 is 0 Å². The Balaban J connectivity index is 1.76. The fourth-order valence-corrected chi connectivity index (χ4v) is 3.20. The number of aryl methyl sites for hydroxylation is 1. The van der Waals surface area contributed by atoms with Gasteiger partial charge in [0.25, 0.3) is 5.91 Å². The van der Waals surface area contributed by atoms with Crippen LogP contribution in [0, 0.1) is 6.92 Å². The first kappa shape index (κ1) is 16.2. The van der Waals surface area contributed by atoms with E-state index in [9.17, 15) is 4.79 Å². The molecule has 1 saturated heterocycles. The summed E-state index contributed by atoms with van der Waals surface area (Å²) in [7, 11) is 0. The zero-order valence-electron chi connectivity index (χ0n) is 12.9. The molecule has 1 heterocycles. The molecule has 2 aromatic carbocycles. The van der Waals surface area contributed by atoms with E-state index in [0.29, 0.717) is 17.1 Å². The molecule has 23 heavy (non-hydrogen) atoms. The summed E-state index contributed by atoms with van der Waals surface area (Å²) in [4.78, 5) is 14.3. The third kappa shape index (κ3) is 3.80. The van der Waals surface area contributed by atoms with E-state index in [1.54, 1.807) is 0 Å². The van der Waals surface area contributed by atoms with Crippen LogP contribution in [-0.4, -0.2) is 29.3 Å². The number of halogens is 2. The SMILES string of the molecule is Cc1cc(C(=O)N2CCC(Cl)C2)ccc1Nc1cccc(Cl)c1. The van der Waals surface area contributed by atoms with Gasteiger partial charge in [-0.2, -0.15) is 0 Å². The minimum Gasteiger partial charge on any atom is -0.355 e. The number of hydrogen-bond acceptors (Lipinski definition) is 2. The van der Waals surface area contributed by atoms with Crippen molar-refractivity contribution in [1.82, 2.24) is 4.90 Å². The summed E-state index contributed by atoms with van der Waals surface area (Å²) in [6, 6.07) is 13.2. The zero-order chi connectivity index (χ0) is 16.4. The molecule has 0 radical (unpaired) electrons. The van der Waals surface area contributed by atoms with Gasteiger partial charge in [-0.25, -0.2) is 0 Å². The van der Waals surface area contributed by atoms with Crippen LogP contribution in [0.15, 0.2) is 42.5 Å². The molecular weight excluding hydrogens is 331 g/mol. The quantitative estimate of drug-likeness (QED) is 0.804. The number of nitrogens with zero attached hydrogens (tertiary/aromatic N) is 1. The van der Waals surface area contributed by atoms with E-state index in [0.717, 1.165) is 29.9 Å². The van der Waals surface area contributed by atoms with Crippen molar-refractivity contribution in [2.24, 2.45) is 0 Å². The molecular formula is C18H18Cl2N2O. The molecule has 0 spiro atoms. The van der Waals surface area contributed by atoms with Gasteiger partial charge in [0.2, 0.25) is 0 Å². The Bertz CT molecular complexity index is 733. The van der Waals surface area contributed by atoms with Crippen molar-refractivity contribution in [3.63, 3.8) is 0 Å². The Morgan fingerprint density at radius 1 is 1.26 bits per heavy atom. The van der Waals surface area contributed by atoms with Gasteiger partial charge in [-0.15, -0.1) is 11.6 Å². The molecule has 3 nitrogen and oxygen atoms in total. The fourth-order valence-electron chi connectivity index (χ4n) is 2.74. The van der Waals surface area contributed by atoms with Crippen LogP contribution in [0.4, 0.5) is 11.4 Å². The highest BCUT2D eigenvalue weighted by molar-refractivity contribution is 6.30. The summed E-state index contributed by atoms with van der Waals surface area (Å²) in [5.74, 6) is 0.0468. The minimum absolute atomic E-state index is 0.0468. The van der Waals surface area contributed by atoms with Crippen LogP contribution in [0.2, 0.25) is 5.02 Å². The molecule has 120 valence electrons. The summed E-state index contributed by atoms with van der Waals surface area (Å²) in [6.45, 7) is 3.34. The number of benzene rings is 2. The van der Waals surface area contributed by atoms with E-state index in [1.165, 1.54) is 0 Å². The van der Waals surface area contributed by atoms with Crippen molar-refractivity contribution in [3.05, 3.63) is 58.6 Å². The second kappa shape index (κ2) is 6.81. The summed E-state index contributed by atoms with van der Waals surface area (Å²) >= 11 is 12.1. The van der Waals surface area contributed by atoms with Crippen LogP contribution >= 0.6 is 23.2 Å². The van der Waals surface area contributed by atoms with Gasteiger partial charge in [0.15, 0.2) is 0 Å². The number of nitrogens with one attached hydrogen (secondary N) is 1.